The molecule has 0 saturated carbocycles. The molecular weight excluding hydrogens is 679 g/mol. The summed E-state index contributed by atoms with van der Waals surface area (Å²) in [7, 11) is -4.16. The van der Waals surface area contributed by atoms with Gasteiger partial charge >= 0.3 is 0 Å². The first-order chi connectivity index (χ1) is 24.7. The Kier molecular flexibility index (Phi) is 10.9. The highest BCUT2D eigenvalue weighted by molar-refractivity contribution is 7.92. The number of anilines is 2. The van der Waals surface area contributed by atoms with Gasteiger partial charge in [-0.15, -0.1) is 0 Å². The molecule has 0 radical (unpaired) electrons. The Balaban J connectivity index is 0.00000541. The first-order valence-electron chi connectivity index (χ1n) is 17.8. The summed E-state index contributed by atoms with van der Waals surface area (Å²) in [6.07, 6.45) is 5.12. The summed E-state index contributed by atoms with van der Waals surface area (Å²) in [5.74, 6) is 0.631. The van der Waals surface area contributed by atoms with E-state index in [9.17, 15) is 13.2 Å². The van der Waals surface area contributed by atoms with Crippen molar-refractivity contribution in [3.63, 3.8) is 0 Å². The van der Waals surface area contributed by atoms with Crippen LogP contribution in [0.3, 0.4) is 0 Å². The third kappa shape index (κ3) is 8.76. The Morgan fingerprint density at radius 3 is 2.46 bits per heavy atom. The molecule has 2 aromatic carbocycles. The van der Waals surface area contributed by atoms with Crippen molar-refractivity contribution >= 4 is 27.6 Å². The first kappa shape index (κ1) is 37.3. The van der Waals surface area contributed by atoms with Crippen molar-refractivity contribution in [2.24, 2.45) is 5.41 Å². The molecule has 1 saturated heterocycles. The lowest BCUT2D eigenvalue weighted by atomic mass is 9.87. The van der Waals surface area contributed by atoms with E-state index in [1.54, 1.807) is 30.6 Å². The van der Waals surface area contributed by atoms with Gasteiger partial charge in [0.1, 0.15) is 12.4 Å². The normalized spacial score (nSPS) is 19.5. The minimum Gasteiger partial charge on any atom is -0.476 e. The molecule has 4 aromatic rings. The van der Waals surface area contributed by atoms with E-state index in [0.717, 1.165) is 28.9 Å². The first-order valence-corrected chi connectivity index (χ1v) is 19.3. The summed E-state index contributed by atoms with van der Waals surface area (Å²) >= 11 is 0. The summed E-state index contributed by atoms with van der Waals surface area (Å²) in [5.41, 5.74) is 4.21. The summed E-state index contributed by atoms with van der Waals surface area (Å²) in [6, 6.07) is 13.9. The molecule has 4 bridgehead atoms. The average Bonchev–Trinajstić information content (AvgIpc) is 3.60. The standard InChI is InChI=1S/C39H49N7O5S.H2/c1-25(2)46(30-14-15-50-23-30)35-20-40-19-29(41-35)21-45-22-34(47)28-12-9-13-32(16-28)52(48,49)44-38-42-33(37-26(3)10-8-11-27(37)4)17-36(43-38)51-24-31(45)18-39(5,6)7;/h8-13,16-17,19-20,25,30-31H,14-15,18,21-24H2,1-7H3,(H,42,43,44);1H/t30?,31-;/m1./s1. The highest BCUT2D eigenvalue weighted by Gasteiger charge is 2.31. The molecule has 4 heterocycles. The second-order valence-electron chi connectivity index (χ2n) is 15.3. The Morgan fingerprint density at radius 1 is 1.02 bits per heavy atom. The second-order valence-corrected chi connectivity index (χ2v) is 16.9. The van der Waals surface area contributed by atoms with E-state index in [4.69, 9.17) is 14.5 Å². The number of hydrogen-bond donors (Lipinski definition) is 1. The smallest absolute Gasteiger partial charge is 0.264 e. The lowest BCUT2D eigenvalue weighted by Crippen LogP contribution is -2.45. The summed E-state index contributed by atoms with van der Waals surface area (Å²) in [6.45, 7) is 16.5. The predicted molar refractivity (Wildman–Crippen MR) is 203 cm³/mol. The number of carbonyl (C=O) groups is 1. The molecule has 0 spiro atoms. The lowest BCUT2D eigenvalue weighted by molar-refractivity contribution is 0.0713. The molecule has 12 nitrogen and oxygen atoms in total. The fourth-order valence-electron chi connectivity index (χ4n) is 7.10. The molecule has 2 atom stereocenters. The number of ketones is 1. The average molecular weight is 730 g/mol. The molecule has 52 heavy (non-hydrogen) atoms. The van der Waals surface area contributed by atoms with Crippen molar-refractivity contribution in [2.45, 2.75) is 90.9 Å². The maximum atomic E-state index is 14.1. The largest absolute Gasteiger partial charge is 0.476 e. The van der Waals surface area contributed by atoms with Crippen molar-refractivity contribution in [1.82, 2.24) is 24.8 Å². The van der Waals surface area contributed by atoms with E-state index in [1.165, 1.54) is 12.1 Å². The molecule has 13 heteroatoms. The van der Waals surface area contributed by atoms with Crippen LogP contribution in [0, 0.1) is 19.3 Å². The topological polar surface area (TPSA) is 140 Å². The molecular formula is C39H51N7O5S. The van der Waals surface area contributed by atoms with Gasteiger partial charge in [-0.2, -0.15) is 4.98 Å². The van der Waals surface area contributed by atoms with Gasteiger partial charge < -0.3 is 14.4 Å². The highest BCUT2D eigenvalue weighted by atomic mass is 32.2. The molecule has 2 aromatic heterocycles. The number of aryl methyl sites for hydroxylation is 2. The van der Waals surface area contributed by atoms with Crippen LogP contribution in [0.15, 0.2) is 65.8 Å². The Hall–Kier alpha value is -4.46. The zero-order valence-corrected chi connectivity index (χ0v) is 31.9. The van der Waals surface area contributed by atoms with Gasteiger partial charge in [-0.1, -0.05) is 51.1 Å². The van der Waals surface area contributed by atoms with Gasteiger partial charge in [0.2, 0.25) is 11.8 Å². The zero-order chi connectivity index (χ0) is 37.2. The van der Waals surface area contributed by atoms with Crippen LogP contribution < -0.4 is 14.4 Å². The fourth-order valence-corrected chi connectivity index (χ4v) is 8.09. The van der Waals surface area contributed by atoms with E-state index in [-0.39, 0.29) is 66.2 Å². The summed E-state index contributed by atoms with van der Waals surface area (Å²) in [5, 5.41) is 0. The quantitative estimate of drug-likeness (QED) is 0.224. The van der Waals surface area contributed by atoms with Crippen molar-refractivity contribution in [3.8, 4) is 17.1 Å². The second kappa shape index (κ2) is 15.3. The zero-order valence-electron chi connectivity index (χ0n) is 31.1. The van der Waals surface area contributed by atoms with Crippen molar-refractivity contribution in [1.29, 1.82) is 0 Å². The molecule has 278 valence electrons. The van der Waals surface area contributed by atoms with Crippen molar-refractivity contribution < 1.29 is 24.1 Å². The van der Waals surface area contributed by atoms with Gasteiger partial charge in [-0.05, 0) is 69.2 Å². The molecule has 2 aliphatic rings. The van der Waals surface area contributed by atoms with Crippen LogP contribution in [0.1, 0.15) is 76.1 Å². The SMILES string of the molecule is Cc1cccc(C)c1-c1cc2nc(n1)NS(=O)(=O)c1cccc(c1)C(=O)CN(Cc1cncc(N(C(C)C)C3CCOC3)n1)[C@H](CC(C)(C)C)CO2.[HH]. The minimum absolute atomic E-state index is 0. The number of ether oxygens (including phenoxy) is 2. The summed E-state index contributed by atoms with van der Waals surface area (Å²) < 4.78 is 42.1. The Bertz CT molecular complexity index is 2010. The number of benzene rings is 2. The lowest BCUT2D eigenvalue weighted by Gasteiger charge is -2.36. The van der Waals surface area contributed by atoms with E-state index >= 15 is 0 Å². The number of aromatic nitrogens is 4. The third-order valence-electron chi connectivity index (χ3n) is 9.42. The van der Waals surface area contributed by atoms with Crippen LogP contribution in [-0.4, -0.2) is 83.5 Å². The number of hydrogen-bond acceptors (Lipinski definition) is 11. The predicted octanol–water partition coefficient (Wildman–Crippen LogP) is 6.48. The number of fused-ring (bicyclic) bond motifs is 4. The van der Waals surface area contributed by atoms with Crippen LogP contribution in [-0.2, 0) is 21.3 Å². The van der Waals surface area contributed by atoms with Crippen LogP contribution in [0.5, 0.6) is 5.88 Å². The molecule has 1 fully saturated rings. The summed E-state index contributed by atoms with van der Waals surface area (Å²) in [4.78, 5) is 37.2. The number of nitrogens with zero attached hydrogens (tertiary/aromatic N) is 6. The molecule has 6 rings (SSSR count). The molecule has 1 N–H and O–H groups in total. The molecule has 2 aliphatic heterocycles. The van der Waals surface area contributed by atoms with Crippen LogP contribution >= 0.6 is 0 Å². The van der Waals surface area contributed by atoms with Crippen LogP contribution in [0.2, 0.25) is 0 Å². The Morgan fingerprint density at radius 2 is 1.77 bits per heavy atom. The minimum atomic E-state index is -4.16. The number of Topliss-reactive ketones (excluding diaryl/α,β-unsaturated/α-hetero) is 1. The van der Waals surface area contributed by atoms with Crippen LogP contribution in [0.4, 0.5) is 11.8 Å². The number of rotatable bonds is 7. The van der Waals surface area contributed by atoms with E-state index in [1.807, 2.05) is 32.0 Å². The van der Waals surface area contributed by atoms with Gasteiger partial charge in [0, 0.05) is 50.1 Å². The van der Waals surface area contributed by atoms with E-state index < -0.39 is 10.0 Å². The van der Waals surface area contributed by atoms with Gasteiger partial charge in [-0.3, -0.25) is 14.7 Å². The number of carbonyl (C=O) groups excluding carboxylic acids is 1. The maximum absolute atomic E-state index is 14.1. The van der Waals surface area contributed by atoms with E-state index in [2.05, 4.69) is 64.1 Å². The van der Waals surface area contributed by atoms with Crippen molar-refractivity contribution in [3.05, 3.63) is 83.3 Å². The van der Waals surface area contributed by atoms with Gasteiger partial charge in [0.15, 0.2) is 5.78 Å². The molecule has 0 amide bonds. The fraction of sp³-hybridized carbons (Fsp3) is 0.462. The van der Waals surface area contributed by atoms with Gasteiger partial charge in [0.25, 0.3) is 10.0 Å². The van der Waals surface area contributed by atoms with Gasteiger partial charge in [0.05, 0.1) is 41.7 Å². The van der Waals surface area contributed by atoms with E-state index in [0.29, 0.717) is 37.6 Å². The van der Waals surface area contributed by atoms with Crippen LogP contribution in [0.25, 0.3) is 11.3 Å². The third-order valence-corrected chi connectivity index (χ3v) is 10.7. The molecule has 0 aliphatic carbocycles. The molecule has 1 unspecified atom stereocenters. The Labute approximate surface area is 308 Å². The highest BCUT2D eigenvalue weighted by Crippen LogP contribution is 2.31. The number of nitrogens with one attached hydrogen (secondary N) is 1. The van der Waals surface area contributed by atoms with Gasteiger partial charge in [-0.25, -0.2) is 23.1 Å². The number of sulfonamides is 1. The monoisotopic (exact) mass is 729 g/mol. The van der Waals surface area contributed by atoms with Crippen molar-refractivity contribution in [2.75, 3.05) is 36.0 Å². The maximum Gasteiger partial charge on any atom is 0.264 e.